The molecule has 1 heterocycles. The summed E-state index contributed by atoms with van der Waals surface area (Å²) in [5, 5.41) is 26.6. The molecule has 1 fully saturated rings. The van der Waals surface area contributed by atoms with Crippen LogP contribution in [0.2, 0.25) is 0 Å². The van der Waals surface area contributed by atoms with Crippen molar-refractivity contribution in [1.29, 1.82) is 0 Å². The minimum Gasteiger partial charge on any atom is -0.497 e. The van der Waals surface area contributed by atoms with E-state index >= 15 is 0 Å². The SMILES string of the molecule is COc1ccc(O[C@@H]2O[C@H](CO)[C@@H](N=[N+]=[N-])[C@H](O)[C@@H]2N=[N+]=[N-])cc1. The molecule has 1 aromatic carbocycles. The van der Waals surface area contributed by atoms with E-state index in [1.54, 1.807) is 24.3 Å². The van der Waals surface area contributed by atoms with Crippen LogP contribution in [0.5, 0.6) is 11.5 Å². The third-order valence-electron chi connectivity index (χ3n) is 3.53. The first-order valence-electron chi connectivity index (χ1n) is 6.98. The normalized spacial score (nSPS) is 29.0. The molecule has 0 unspecified atom stereocenters. The first-order chi connectivity index (χ1) is 11.6. The highest BCUT2D eigenvalue weighted by Crippen LogP contribution is 2.29. The van der Waals surface area contributed by atoms with Crippen LogP contribution in [0.15, 0.2) is 34.5 Å². The summed E-state index contributed by atoms with van der Waals surface area (Å²) in [6.07, 6.45) is -3.53. The van der Waals surface area contributed by atoms with Gasteiger partial charge in [-0.15, -0.1) is 0 Å². The van der Waals surface area contributed by atoms with Gasteiger partial charge >= 0.3 is 0 Å². The molecule has 0 spiro atoms. The lowest BCUT2D eigenvalue weighted by atomic mass is 9.95. The number of aliphatic hydroxyl groups excluding tert-OH is 2. The molecule has 128 valence electrons. The molecule has 1 aliphatic heterocycles. The van der Waals surface area contributed by atoms with E-state index < -0.39 is 37.2 Å². The maximum Gasteiger partial charge on any atom is 0.211 e. The quantitative estimate of drug-likeness (QED) is 0.455. The van der Waals surface area contributed by atoms with E-state index in [2.05, 4.69) is 20.1 Å². The highest BCUT2D eigenvalue weighted by Gasteiger charge is 2.45. The summed E-state index contributed by atoms with van der Waals surface area (Å²) in [6, 6.07) is 4.26. The molecule has 0 aliphatic carbocycles. The number of ether oxygens (including phenoxy) is 3. The molecule has 0 bridgehead atoms. The molecule has 0 saturated carbocycles. The lowest BCUT2D eigenvalue weighted by molar-refractivity contribution is -0.203. The third-order valence-corrected chi connectivity index (χ3v) is 3.53. The molecule has 11 heteroatoms. The van der Waals surface area contributed by atoms with Crippen LogP contribution in [0, 0.1) is 0 Å². The van der Waals surface area contributed by atoms with Gasteiger partial charge in [0.1, 0.15) is 17.5 Å². The van der Waals surface area contributed by atoms with Crippen LogP contribution in [0.4, 0.5) is 0 Å². The van der Waals surface area contributed by atoms with Crippen molar-refractivity contribution in [3.05, 3.63) is 45.2 Å². The van der Waals surface area contributed by atoms with Gasteiger partial charge in [0.2, 0.25) is 6.29 Å². The predicted molar refractivity (Wildman–Crippen MR) is 81.2 cm³/mol. The zero-order valence-electron chi connectivity index (χ0n) is 12.7. The average Bonchev–Trinajstić information content (AvgIpc) is 2.61. The van der Waals surface area contributed by atoms with Gasteiger partial charge in [0.05, 0.1) is 32.0 Å². The van der Waals surface area contributed by atoms with Gasteiger partial charge in [0, 0.05) is 9.82 Å². The van der Waals surface area contributed by atoms with E-state index in [-0.39, 0.29) is 0 Å². The van der Waals surface area contributed by atoms with E-state index in [1.807, 2.05) is 0 Å². The zero-order chi connectivity index (χ0) is 17.5. The van der Waals surface area contributed by atoms with Crippen LogP contribution >= 0.6 is 0 Å². The second-order valence-corrected chi connectivity index (χ2v) is 4.90. The molecule has 0 radical (unpaired) electrons. The molecule has 0 aromatic heterocycles. The topological polar surface area (TPSA) is 166 Å². The fourth-order valence-corrected chi connectivity index (χ4v) is 2.34. The Morgan fingerprint density at radius 1 is 1.12 bits per heavy atom. The lowest BCUT2D eigenvalue weighted by Gasteiger charge is -2.40. The van der Waals surface area contributed by atoms with Crippen LogP contribution in [0.25, 0.3) is 20.9 Å². The van der Waals surface area contributed by atoms with Crippen molar-refractivity contribution in [1.82, 2.24) is 0 Å². The standard InChI is InChI=1S/C13H16N6O5/c1-22-7-2-4-8(5-3-7)23-13-11(17-19-15)12(21)10(16-18-14)9(6-20)24-13/h2-5,9-13,20-21H,6H2,1H3/t9-,10-,11+,12+,13-/m1/s1. The van der Waals surface area contributed by atoms with E-state index in [0.717, 1.165) is 0 Å². The molecule has 0 amide bonds. The molecular formula is C13H16N6O5. The molecule has 2 N–H and O–H groups in total. The minimum absolute atomic E-state index is 0.380. The monoisotopic (exact) mass is 336 g/mol. The number of azide groups is 2. The predicted octanol–water partition coefficient (Wildman–Crippen LogP) is 1.51. The van der Waals surface area contributed by atoms with Crippen LogP contribution in [0.1, 0.15) is 0 Å². The minimum atomic E-state index is -1.37. The number of benzene rings is 1. The lowest BCUT2D eigenvalue weighted by Crippen LogP contribution is -2.58. The van der Waals surface area contributed by atoms with Gasteiger partial charge in [-0.3, -0.25) is 0 Å². The van der Waals surface area contributed by atoms with Gasteiger partial charge in [-0.2, -0.15) is 0 Å². The Balaban J connectivity index is 2.24. The highest BCUT2D eigenvalue weighted by atomic mass is 16.7. The summed E-state index contributed by atoms with van der Waals surface area (Å²) in [7, 11) is 1.52. The third kappa shape index (κ3) is 3.80. The number of nitrogens with zero attached hydrogens (tertiary/aromatic N) is 6. The van der Waals surface area contributed by atoms with Crippen LogP contribution in [0.3, 0.4) is 0 Å². The molecule has 1 aliphatic rings. The van der Waals surface area contributed by atoms with Gasteiger partial charge in [0.15, 0.2) is 0 Å². The van der Waals surface area contributed by atoms with Crippen molar-refractivity contribution in [2.45, 2.75) is 30.6 Å². The number of rotatable bonds is 6. The largest absolute Gasteiger partial charge is 0.497 e. The summed E-state index contributed by atoms with van der Waals surface area (Å²) in [6.45, 7) is -0.508. The molecule has 24 heavy (non-hydrogen) atoms. The van der Waals surface area contributed by atoms with Gasteiger partial charge in [0.25, 0.3) is 0 Å². The van der Waals surface area contributed by atoms with E-state index in [9.17, 15) is 10.2 Å². The summed E-state index contributed by atoms with van der Waals surface area (Å²) < 4.78 is 16.1. The van der Waals surface area contributed by atoms with E-state index in [1.165, 1.54) is 7.11 Å². The first-order valence-corrected chi connectivity index (χ1v) is 6.98. The van der Waals surface area contributed by atoms with Gasteiger partial charge < -0.3 is 24.4 Å². The molecule has 11 nitrogen and oxygen atoms in total. The van der Waals surface area contributed by atoms with Crippen LogP contribution < -0.4 is 9.47 Å². The maximum absolute atomic E-state index is 10.3. The fraction of sp³-hybridized carbons (Fsp3) is 0.538. The maximum atomic E-state index is 10.3. The Morgan fingerprint density at radius 3 is 2.25 bits per heavy atom. The zero-order valence-corrected chi connectivity index (χ0v) is 12.7. The van der Waals surface area contributed by atoms with Gasteiger partial charge in [-0.25, -0.2) is 0 Å². The van der Waals surface area contributed by atoms with Gasteiger partial charge in [-0.05, 0) is 35.3 Å². The Labute approximate surface area is 136 Å². The second kappa shape index (κ2) is 8.25. The Kier molecular flexibility index (Phi) is 6.07. The van der Waals surface area contributed by atoms with Crippen molar-refractivity contribution in [2.24, 2.45) is 10.2 Å². The van der Waals surface area contributed by atoms with E-state index in [0.29, 0.717) is 11.5 Å². The Bertz CT molecular complexity index is 643. The van der Waals surface area contributed by atoms with Crippen LogP contribution in [-0.2, 0) is 4.74 Å². The van der Waals surface area contributed by atoms with Crippen molar-refractivity contribution < 1.29 is 24.4 Å². The molecule has 1 aromatic rings. The number of hydrogen-bond acceptors (Lipinski definition) is 7. The number of methoxy groups -OCH3 is 1. The van der Waals surface area contributed by atoms with Crippen LogP contribution in [-0.4, -0.2) is 54.5 Å². The van der Waals surface area contributed by atoms with Crippen molar-refractivity contribution in [3.63, 3.8) is 0 Å². The Hall–Kier alpha value is -2.68. The van der Waals surface area contributed by atoms with Crippen molar-refractivity contribution >= 4 is 0 Å². The highest BCUT2D eigenvalue weighted by molar-refractivity contribution is 5.31. The van der Waals surface area contributed by atoms with Gasteiger partial charge in [-0.1, -0.05) is 10.2 Å². The molecular weight excluding hydrogens is 320 g/mol. The van der Waals surface area contributed by atoms with Crippen molar-refractivity contribution in [2.75, 3.05) is 13.7 Å². The second-order valence-electron chi connectivity index (χ2n) is 4.90. The fourth-order valence-electron chi connectivity index (χ4n) is 2.34. The van der Waals surface area contributed by atoms with E-state index in [4.69, 9.17) is 25.3 Å². The number of aliphatic hydroxyl groups is 2. The summed E-state index contributed by atoms with van der Waals surface area (Å²) in [4.78, 5) is 5.28. The van der Waals surface area contributed by atoms with Crippen molar-refractivity contribution in [3.8, 4) is 11.5 Å². The summed E-state index contributed by atoms with van der Waals surface area (Å²) in [5.41, 5.74) is 17.3. The summed E-state index contributed by atoms with van der Waals surface area (Å²) in [5.74, 6) is 1.00. The molecule has 1 saturated heterocycles. The Morgan fingerprint density at radius 2 is 1.71 bits per heavy atom. The molecule has 5 atom stereocenters. The molecule has 2 rings (SSSR count). The summed E-state index contributed by atoms with van der Waals surface area (Å²) >= 11 is 0. The smallest absolute Gasteiger partial charge is 0.211 e. The first kappa shape index (κ1) is 17.7. The number of hydrogen-bond donors (Lipinski definition) is 2. The average molecular weight is 336 g/mol.